The third-order valence-electron chi connectivity index (χ3n) is 5.05. The Labute approximate surface area is 172 Å². The van der Waals surface area contributed by atoms with Crippen LogP contribution in [0.2, 0.25) is 5.02 Å². The summed E-state index contributed by atoms with van der Waals surface area (Å²) in [5.74, 6) is -1.51. The van der Waals surface area contributed by atoms with Gasteiger partial charge in [-0.3, -0.25) is 9.69 Å². The molecule has 0 saturated carbocycles. The lowest BCUT2D eigenvalue weighted by Gasteiger charge is -2.23. The topological polar surface area (TPSA) is 26.8 Å². The van der Waals surface area contributed by atoms with Gasteiger partial charge < -0.3 is 9.80 Å². The van der Waals surface area contributed by atoms with E-state index in [0.29, 0.717) is 10.7 Å². The number of hydrogen-bond donors (Lipinski definition) is 0. The lowest BCUT2D eigenvalue weighted by Crippen LogP contribution is -2.32. The zero-order valence-corrected chi connectivity index (χ0v) is 16.6. The zero-order valence-electron chi connectivity index (χ0n) is 15.0. The maximum Gasteiger partial charge on any atom is 0.252 e. The summed E-state index contributed by atoms with van der Waals surface area (Å²) in [7, 11) is 0. The van der Waals surface area contributed by atoms with Crippen molar-refractivity contribution in [1.29, 1.82) is 0 Å². The first-order valence-electron chi connectivity index (χ1n) is 9.04. The summed E-state index contributed by atoms with van der Waals surface area (Å²) in [6, 6.07) is 8.84. The van der Waals surface area contributed by atoms with Crippen LogP contribution in [0, 0.1) is 11.6 Å². The number of amides is 1. The normalized spacial score (nSPS) is 17.2. The van der Waals surface area contributed by atoms with Gasteiger partial charge in [-0.05, 0) is 49.3 Å². The highest BCUT2D eigenvalue weighted by Crippen LogP contribution is 2.34. The summed E-state index contributed by atoms with van der Waals surface area (Å²) in [5.41, 5.74) is 1.82. The van der Waals surface area contributed by atoms with Crippen molar-refractivity contribution in [3.8, 4) is 0 Å². The molecule has 2 aromatic rings. The molecule has 2 aromatic carbocycles. The smallest absolute Gasteiger partial charge is 0.252 e. The van der Waals surface area contributed by atoms with Gasteiger partial charge in [0.1, 0.15) is 18.2 Å². The van der Waals surface area contributed by atoms with Gasteiger partial charge in [0.2, 0.25) is 0 Å². The van der Waals surface area contributed by atoms with Gasteiger partial charge in [-0.15, -0.1) is 0 Å². The molecule has 4 rings (SSSR count). The van der Waals surface area contributed by atoms with E-state index in [1.165, 1.54) is 17.0 Å². The van der Waals surface area contributed by atoms with Crippen LogP contribution in [0.4, 0.5) is 20.2 Å². The predicted molar refractivity (Wildman–Crippen MR) is 110 cm³/mol. The first-order valence-corrected chi connectivity index (χ1v) is 9.83. The maximum atomic E-state index is 14.0. The molecular weight excluding hydrogens is 404 g/mol. The molecular formula is C20H18ClF2N3OS. The molecule has 0 aliphatic carbocycles. The van der Waals surface area contributed by atoms with Crippen molar-refractivity contribution >= 4 is 46.2 Å². The first-order chi connectivity index (χ1) is 13.4. The number of benzene rings is 2. The van der Waals surface area contributed by atoms with Crippen LogP contribution in [0.1, 0.15) is 18.4 Å². The Morgan fingerprint density at radius 1 is 1.07 bits per heavy atom. The highest BCUT2D eigenvalue weighted by molar-refractivity contribution is 7.80. The Morgan fingerprint density at radius 2 is 1.82 bits per heavy atom. The number of rotatable bonds is 4. The summed E-state index contributed by atoms with van der Waals surface area (Å²) in [6.07, 6.45) is 2.28. The van der Waals surface area contributed by atoms with E-state index in [9.17, 15) is 13.6 Å². The van der Waals surface area contributed by atoms with Crippen LogP contribution in [0.15, 0.2) is 36.4 Å². The van der Waals surface area contributed by atoms with Gasteiger partial charge in [0, 0.05) is 31.3 Å². The van der Waals surface area contributed by atoms with Crippen LogP contribution in [0.25, 0.3) is 0 Å². The van der Waals surface area contributed by atoms with Crippen molar-refractivity contribution in [2.24, 2.45) is 0 Å². The summed E-state index contributed by atoms with van der Waals surface area (Å²) in [4.78, 5) is 17.8. The van der Waals surface area contributed by atoms with Gasteiger partial charge in [-0.25, -0.2) is 8.78 Å². The Kier molecular flexibility index (Phi) is 5.21. The molecule has 28 heavy (non-hydrogen) atoms. The quantitative estimate of drug-likeness (QED) is 0.686. The number of carbonyl (C=O) groups is 1. The third kappa shape index (κ3) is 3.56. The van der Waals surface area contributed by atoms with Crippen molar-refractivity contribution in [3.05, 3.63) is 58.6 Å². The summed E-state index contributed by atoms with van der Waals surface area (Å²) in [5, 5.41) is 0.844. The second kappa shape index (κ2) is 7.64. The van der Waals surface area contributed by atoms with E-state index in [0.717, 1.165) is 37.7 Å². The van der Waals surface area contributed by atoms with Gasteiger partial charge in [0.25, 0.3) is 5.91 Å². The average molecular weight is 422 g/mol. The monoisotopic (exact) mass is 421 g/mol. The van der Waals surface area contributed by atoms with Crippen LogP contribution in [-0.4, -0.2) is 35.6 Å². The molecule has 1 amide bonds. The van der Waals surface area contributed by atoms with Gasteiger partial charge in [0.05, 0.1) is 16.4 Å². The van der Waals surface area contributed by atoms with E-state index in [-0.39, 0.29) is 29.7 Å². The molecule has 2 aliphatic heterocycles. The molecule has 0 radical (unpaired) electrons. The molecule has 0 bridgehead atoms. The largest absolute Gasteiger partial charge is 0.370 e. The average Bonchev–Trinajstić information content (AvgIpc) is 3.26. The number of halogens is 3. The second-order valence-electron chi connectivity index (χ2n) is 6.93. The molecule has 146 valence electrons. The van der Waals surface area contributed by atoms with E-state index < -0.39 is 11.6 Å². The number of carbonyl (C=O) groups excluding carboxylic acids is 1. The molecule has 2 heterocycles. The van der Waals surface area contributed by atoms with Crippen molar-refractivity contribution in [2.45, 2.75) is 19.4 Å². The maximum absolute atomic E-state index is 14.0. The predicted octanol–water partition coefficient (Wildman–Crippen LogP) is 4.35. The Balaban J connectivity index is 1.54. The fourth-order valence-electron chi connectivity index (χ4n) is 3.63. The number of anilines is 2. The molecule has 0 unspecified atom stereocenters. The van der Waals surface area contributed by atoms with Crippen LogP contribution < -0.4 is 9.80 Å². The van der Waals surface area contributed by atoms with Gasteiger partial charge in [0.15, 0.2) is 5.11 Å². The molecule has 0 N–H and O–H groups in total. The molecule has 0 spiro atoms. The fraction of sp³-hybridized carbons (Fsp3) is 0.300. The van der Waals surface area contributed by atoms with Crippen LogP contribution in [-0.2, 0) is 11.3 Å². The minimum atomic E-state index is -0.660. The minimum Gasteiger partial charge on any atom is -0.370 e. The van der Waals surface area contributed by atoms with E-state index in [4.69, 9.17) is 23.8 Å². The number of hydrogen-bond acceptors (Lipinski definition) is 3. The van der Waals surface area contributed by atoms with Crippen LogP contribution in [0.5, 0.6) is 0 Å². The second-order valence-corrected chi connectivity index (χ2v) is 7.71. The lowest BCUT2D eigenvalue weighted by molar-refractivity contribution is -0.116. The summed E-state index contributed by atoms with van der Waals surface area (Å²) in [6.45, 7) is 2.06. The van der Waals surface area contributed by atoms with Crippen molar-refractivity contribution in [2.75, 3.05) is 29.4 Å². The third-order valence-corrected chi connectivity index (χ3v) is 5.79. The van der Waals surface area contributed by atoms with E-state index in [1.54, 1.807) is 11.0 Å². The molecule has 2 saturated heterocycles. The van der Waals surface area contributed by atoms with Crippen LogP contribution >= 0.6 is 23.8 Å². The lowest BCUT2D eigenvalue weighted by atomic mass is 10.2. The standard InChI is InChI=1S/C20H18ClF2N3OS/c21-16-10-15(5-6-18(16)24-7-1-2-8-24)26-19(27)12-25(20(26)28)11-13-3-4-14(22)9-17(13)23/h3-6,9-10H,1-2,7-8,11-12H2. The number of thiocarbonyl (C=S) groups is 1. The highest BCUT2D eigenvalue weighted by atomic mass is 35.5. The van der Waals surface area contributed by atoms with E-state index in [2.05, 4.69) is 4.90 Å². The van der Waals surface area contributed by atoms with Crippen molar-refractivity contribution in [1.82, 2.24) is 4.90 Å². The minimum absolute atomic E-state index is 0.0289. The summed E-state index contributed by atoms with van der Waals surface area (Å²) < 4.78 is 27.1. The summed E-state index contributed by atoms with van der Waals surface area (Å²) >= 11 is 11.9. The zero-order chi connectivity index (χ0) is 19.8. The Hall–Kier alpha value is -2.25. The molecule has 8 heteroatoms. The van der Waals surface area contributed by atoms with Crippen molar-refractivity contribution < 1.29 is 13.6 Å². The molecule has 0 atom stereocenters. The molecule has 2 fully saturated rings. The van der Waals surface area contributed by atoms with Crippen LogP contribution in [0.3, 0.4) is 0 Å². The Bertz CT molecular complexity index is 949. The first kappa shape index (κ1) is 19.1. The van der Waals surface area contributed by atoms with Gasteiger partial charge in [-0.2, -0.15) is 0 Å². The molecule has 0 aromatic heterocycles. The van der Waals surface area contributed by atoms with E-state index in [1.807, 2.05) is 12.1 Å². The van der Waals surface area contributed by atoms with Gasteiger partial charge >= 0.3 is 0 Å². The fourth-order valence-corrected chi connectivity index (χ4v) is 4.26. The highest BCUT2D eigenvalue weighted by Gasteiger charge is 2.34. The molecule has 4 nitrogen and oxygen atoms in total. The number of nitrogens with zero attached hydrogens (tertiary/aromatic N) is 3. The van der Waals surface area contributed by atoms with Crippen molar-refractivity contribution in [3.63, 3.8) is 0 Å². The molecule has 2 aliphatic rings. The SMILES string of the molecule is O=C1CN(Cc2ccc(F)cc2F)C(=S)N1c1ccc(N2CCCC2)c(Cl)c1. The van der Waals surface area contributed by atoms with Gasteiger partial charge in [-0.1, -0.05) is 17.7 Å². The van der Waals surface area contributed by atoms with E-state index >= 15 is 0 Å². The Morgan fingerprint density at radius 3 is 2.50 bits per heavy atom.